The second-order valence-electron chi connectivity index (χ2n) is 17.3. The molecule has 30 nitrogen and oxygen atoms in total. The average molecular weight is 997 g/mol. The molecule has 68 heavy (non-hydrogen) atoms. The minimum atomic E-state index is -2.13. The van der Waals surface area contributed by atoms with E-state index >= 15 is 0 Å². The van der Waals surface area contributed by atoms with Crippen LogP contribution in [0.4, 0.5) is 0 Å². The predicted molar refractivity (Wildman–Crippen MR) is 209 cm³/mol. The third kappa shape index (κ3) is 12.2. The molecule has 17 N–H and O–H groups in total. The first kappa shape index (κ1) is 55.2. The summed E-state index contributed by atoms with van der Waals surface area (Å²) in [7, 11) is 0. The van der Waals surface area contributed by atoms with Gasteiger partial charge in [0.2, 0.25) is 11.8 Å². The van der Waals surface area contributed by atoms with Crippen molar-refractivity contribution in [3.05, 3.63) is 0 Å². The fourth-order valence-corrected chi connectivity index (χ4v) is 8.61. The molecule has 30 heteroatoms. The molecule has 0 aliphatic carbocycles. The number of hydrogen-bond acceptors (Lipinski definition) is 28. The highest BCUT2D eigenvalue weighted by Gasteiger charge is 2.56. The van der Waals surface area contributed by atoms with Crippen molar-refractivity contribution < 1.29 is 138 Å². The molecule has 6 fully saturated rings. The Labute approximate surface area is 386 Å². The molecule has 2 amide bonds. The van der Waals surface area contributed by atoms with Crippen molar-refractivity contribution in [3.8, 4) is 0 Å². The van der Waals surface area contributed by atoms with Crippen molar-refractivity contribution >= 4 is 11.8 Å². The van der Waals surface area contributed by atoms with Gasteiger partial charge in [-0.3, -0.25) is 9.59 Å². The van der Waals surface area contributed by atoms with Crippen molar-refractivity contribution in [2.45, 2.75) is 179 Å². The quantitative estimate of drug-likeness (QED) is 0.0683. The molecular formula is C38H64N2O28. The van der Waals surface area contributed by atoms with Gasteiger partial charge in [0, 0.05) is 13.8 Å². The Morgan fingerprint density at radius 1 is 0.441 bits per heavy atom. The summed E-state index contributed by atoms with van der Waals surface area (Å²) in [5.74, 6) is -1.29. The van der Waals surface area contributed by atoms with Gasteiger partial charge in [-0.15, -0.1) is 0 Å². The first-order chi connectivity index (χ1) is 32.2. The fourth-order valence-electron chi connectivity index (χ4n) is 8.61. The summed E-state index contributed by atoms with van der Waals surface area (Å²) in [6.45, 7) is -2.44. The topological polar surface area (TPSA) is 463 Å². The van der Waals surface area contributed by atoms with E-state index in [2.05, 4.69) is 10.6 Å². The SMILES string of the molecule is CC(=O)N[C@H]1[C@H](O[C@H]2[C@H](O)[C@@H](NC(C)=O)CO[C@@H]2CO)O[C@H](CO)[C@@H](O[C@@H]2O[C@H](CO[C@H]3OC[C@@H](O)[C@H](O[C@H]4O[C@H](CO)[C@@H](O)[C@H](O)[C@@H]4O)[C@@H]3O)[C@@H](O)[C@H](O[C@H]3OC[C@@H](O)[C@H](O)[C@@H]3O)[C@@H]2O)[C@@H]1O. The van der Waals surface area contributed by atoms with Crippen LogP contribution in [0.2, 0.25) is 0 Å². The molecule has 0 radical (unpaired) electrons. The molecule has 0 aromatic carbocycles. The zero-order valence-electron chi connectivity index (χ0n) is 36.6. The lowest BCUT2D eigenvalue weighted by Crippen LogP contribution is -2.69. The highest BCUT2D eigenvalue weighted by atomic mass is 16.8. The van der Waals surface area contributed by atoms with E-state index in [0.29, 0.717) is 0 Å². The molecule has 27 atom stereocenters. The Hall–Kier alpha value is -2.10. The Morgan fingerprint density at radius 2 is 0.956 bits per heavy atom. The molecule has 0 bridgehead atoms. The van der Waals surface area contributed by atoms with E-state index in [4.69, 9.17) is 52.1 Å². The second-order valence-corrected chi connectivity index (χ2v) is 17.3. The normalized spacial score (nSPS) is 49.2. The van der Waals surface area contributed by atoms with Crippen LogP contribution in [0.1, 0.15) is 13.8 Å². The van der Waals surface area contributed by atoms with E-state index in [9.17, 15) is 86.2 Å². The van der Waals surface area contributed by atoms with Gasteiger partial charge in [0.1, 0.15) is 128 Å². The molecule has 6 rings (SSSR count). The fraction of sp³-hybridized carbons (Fsp3) is 0.947. The standard InChI is InChI=1S/C38H64N2O28/c1-10(44)39-12-6-58-16(4-42)31(20(12)48)66-34-19(40-11(2)45)24(52)32(17(5-43)63-34)67-38-29(57)33(68-36-26(54)21(49)13(46)7-60-36)23(51)18(64-38)9-61-35-28(56)30(14(47)8-59-35)65-37-27(55)25(53)22(50)15(3-41)62-37/h12-38,41-43,46-57H,3-9H2,1-2H3,(H,39,44)(H,40,45)/t12-,13+,14+,15+,16+,17+,18+,19+,20+,21-,22+,23+,24+,25-,26-,27-,28-,29-,30-,31+,32+,33-,34-,35+,36+,37+,38-/m0/s1. The number of rotatable bonds is 16. The summed E-state index contributed by atoms with van der Waals surface area (Å²) in [5, 5.41) is 165. The number of carbonyl (C=O) groups is 2. The third-order valence-electron chi connectivity index (χ3n) is 12.4. The van der Waals surface area contributed by atoms with Crippen LogP contribution in [0.15, 0.2) is 0 Å². The summed E-state index contributed by atoms with van der Waals surface area (Å²) in [6, 6.07) is -2.66. The number of ether oxygens (including phenoxy) is 11. The van der Waals surface area contributed by atoms with Crippen LogP contribution < -0.4 is 10.6 Å². The van der Waals surface area contributed by atoms with Gasteiger partial charge in [-0.1, -0.05) is 0 Å². The largest absolute Gasteiger partial charge is 0.394 e. The average Bonchev–Trinajstić information content (AvgIpc) is 3.30. The van der Waals surface area contributed by atoms with E-state index in [1.165, 1.54) is 6.92 Å². The lowest BCUT2D eigenvalue weighted by atomic mass is 9.94. The van der Waals surface area contributed by atoms with E-state index in [1.54, 1.807) is 0 Å². The molecule has 6 aliphatic rings. The first-order valence-corrected chi connectivity index (χ1v) is 21.8. The number of aliphatic hydroxyl groups is 15. The maximum absolute atomic E-state index is 12.5. The number of amides is 2. The first-order valence-electron chi connectivity index (χ1n) is 21.8. The summed E-state index contributed by atoms with van der Waals surface area (Å²) >= 11 is 0. The van der Waals surface area contributed by atoms with Crippen molar-refractivity contribution in [3.63, 3.8) is 0 Å². The summed E-state index contributed by atoms with van der Waals surface area (Å²) < 4.78 is 62.6. The minimum absolute atomic E-state index is 0.230. The maximum atomic E-state index is 12.5. The Balaban J connectivity index is 1.21. The number of nitrogens with one attached hydrogen (secondary N) is 2. The molecule has 0 aromatic heterocycles. The molecule has 0 spiro atoms. The van der Waals surface area contributed by atoms with Gasteiger partial charge in [0.25, 0.3) is 0 Å². The third-order valence-corrected chi connectivity index (χ3v) is 12.4. The predicted octanol–water partition coefficient (Wildman–Crippen LogP) is -11.9. The van der Waals surface area contributed by atoms with Crippen LogP contribution in [0.3, 0.4) is 0 Å². The molecular weight excluding hydrogens is 932 g/mol. The monoisotopic (exact) mass is 996 g/mol. The van der Waals surface area contributed by atoms with Crippen LogP contribution in [0.5, 0.6) is 0 Å². The van der Waals surface area contributed by atoms with Gasteiger partial charge < -0.3 is 139 Å². The summed E-state index contributed by atoms with van der Waals surface area (Å²) in [5.41, 5.74) is 0. The lowest BCUT2D eigenvalue weighted by Gasteiger charge is -2.49. The van der Waals surface area contributed by atoms with Crippen LogP contribution in [0, 0.1) is 0 Å². The van der Waals surface area contributed by atoms with Gasteiger partial charge in [-0.25, -0.2) is 0 Å². The summed E-state index contributed by atoms with van der Waals surface area (Å²) in [4.78, 5) is 24.3. The molecule has 6 saturated heterocycles. The van der Waals surface area contributed by atoms with Gasteiger partial charge in [0.05, 0.1) is 52.3 Å². The number of aliphatic hydroxyl groups excluding tert-OH is 15. The zero-order valence-corrected chi connectivity index (χ0v) is 36.6. The highest BCUT2D eigenvalue weighted by molar-refractivity contribution is 5.73. The maximum Gasteiger partial charge on any atom is 0.217 e. The number of carbonyl (C=O) groups excluding carboxylic acids is 2. The van der Waals surface area contributed by atoms with E-state index in [-0.39, 0.29) is 6.61 Å². The Bertz CT molecular complexity index is 1610. The van der Waals surface area contributed by atoms with Crippen molar-refractivity contribution in [2.75, 3.05) is 46.2 Å². The molecule has 0 unspecified atom stereocenters. The molecule has 394 valence electrons. The van der Waals surface area contributed by atoms with Crippen LogP contribution in [-0.2, 0) is 61.7 Å². The molecule has 6 aliphatic heterocycles. The van der Waals surface area contributed by atoms with Gasteiger partial charge >= 0.3 is 0 Å². The highest BCUT2D eigenvalue weighted by Crippen LogP contribution is 2.35. The van der Waals surface area contributed by atoms with E-state index < -0.39 is 217 Å². The summed E-state index contributed by atoms with van der Waals surface area (Å²) in [6.07, 6.45) is -44.1. The van der Waals surface area contributed by atoms with Crippen molar-refractivity contribution in [2.24, 2.45) is 0 Å². The van der Waals surface area contributed by atoms with Crippen molar-refractivity contribution in [1.29, 1.82) is 0 Å². The smallest absolute Gasteiger partial charge is 0.217 e. The van der Waals surface area contributed by atoms with Crippen LogP contribution in [0.25, 0.3) is 0 Å². The Morgan fingerprint density at radius 3 is 1.60 bits per heavy atom. The molecule has 0 saturated carbocycles. The molecule has 0 aromatic rings. The second kappa shape index (κ2) is 24.1. The lowest BCUT2D eigenvalue weighted by molar-refractivity contribution is -0.379. The van der Waals surface area contributed by atoms with Gasteiger partial charge in [-0.2, -0.15) is 0 Å². The van der Waals surface area contributed by atoms with Crippen LogP contribution in [-0.4, -0.2) is 300 Å². The molecule has 6 heterocycles. The van der Waals surface area contributed by atoms with Crippen molar-refractivity contribution in [1.82, 2.24) is 10.6 Å². The number of hydrogen-bond donors (Lipinski definition) is 17. The Kier molecular flexibility index (Phi) is 19.6. The zero-order chi connectivity index (χ0) is 49.9. The van der Waals surface area contributed by atoms with Gasteiger partial charge in [0.15, 0.2) is 31.5 Å². The van der Waals surface area contributed by atoms with E-state index in [0.717, 1.165) is 6.92 Å². The van der Waals surface area contributed by atoms with Crippen LogP contribution >= 0.6 is 0 Å². The minimum Gasteiger partial charge on any atom is -0.394 e. The van der Waals surface area contributed by atoms with Gasteiger partial charge in [-0.05, 0) is 0 Å². The van der Waals surface area contributed by atoms with E-state index in [1.807, 2.05) is 0 Å².